The van der Waals surface area contributed by atoms with Crippen molar-refractivity contribution in [2.75, 3.05) is 5.32 Å². The van der Waals surface area contributed by atoms with Gasteiger partial charge in [0.1, 0.15) is 11.2 Å². The molecule has 0 atom stereocenters. The number of hydrogen-bond donors (Lipinski definition) is 1. The lowest BCUT2D eigenvalue weighted by Gasteiger charge is -2.08. The molecule has 0 saturated heterocycles. The van der Waals surface area contributed by atoms with E-state index in [1.807, 2.05) is 38.1 Å². The number of anilines is 1. The van der Waals surface area contributed by atoms with Gasteiger partial charge in [-0.2, -0.15) is 0 Å². The Morgan fingerprint density at radius 3 is 2.59 bits per heavy atom. The number of amides is 1. The Balaban J connectivity index is 1.67. The van der Waals surface area contributed by atoms with E-state index in [0.717, 1.165) is 16.7 Å². The molecule has 29 heavy (non-hydrogen) atoms. The first-order chi connectivity index (χ1) is 13.9. The van der Waals surface area contributed by atoms with E-state index >= 15 is 0 Å². The number of hydrogen-bond acceptors (Lipinski definition) is 3. The van der Waals surface area contributed by atoms with Crippen LogP contribution in [0, 0.1) is 13.8 Å². The van der Waals surface area contributed by atoms with Crippen LogP contribution in [0.2, 0.25) is 5.02 Å². The molecule has 0 aliphatic rings. The van der Waals surface area contributed by atoms with Gasteiger partial charge in [-0.3, -0.25) is 9.59 Å². The molecule has 144 valence electrons. The smallest absolute Gasteiger partial charge is 0.248 e. The Morgan fingerprint density at radius 2 is 1.79 bits per heavy atom. The van der Waals surface area contributed by atoms with E-state index < -0.39 is 0 Å². The van der Waals surface area contributed by atoms with Crippen LogP contribution in [0.1, 0.15) is 16.7 Å². The third-order valence-electron chi connectivity index (χ3n) is 4.95. The first-order valence-corrected chi connectivity index (χ1v) is 9.52. The third-order valence-corrected chi connectivity index (χ3v) is 5.29. The largest absolute Gasteiger partial charge is 0.455 e. The summed E-state index contributed by atoms with van der Waals surface area (Å²) in [7, 11) is 0. The van der Waals surface area contributed by atoms with Gasteiger partial charge in [0.15, 0.2) is 0 Å². The molecule has 4 nitrogen and oxygen atoms in total. The summed E-state index contributed by atoms with van der Waals surface area (Å²) in [6, 6.07) is 16.0. The van der Waals surface area contributed by atoms with E-state index in [-0.39, 0.29) is 11.3 Å². The monoisotopic (exact) mass is 403 g/mol. The predicted molar refractivity (Wildman–Crippen MR) is 119 cm³/mol. The molecule has 4 rings (SSSR count). The minimum atomic E-state index is -0.306. The summed E-state index contributed by atoms with van der Waals surface area (Å²) in [6.07, 6.45) is 3.06. The maximum absolute atomic E-state index is 12.8. The molecule has 0 saturated carbocycles. The van der Waals surface area contributed by atoms with Crippen LogP contribution >= 0.6 is 11.6 Å². The predicted octanol–water partition coefficient (Wildman–Crippen LogP) is 5.87. The molecular weight excluding hydrogens is 386 g/mol. The van der Waals surface area contributed by atoms with Crippen LogP contribution in [0.15, 0.2) is 69.9 Å². The lowest BCUT2D eigenvalue weighted by Crippen LogP contribution is -2.08. The summed E-state index contributed by atoms with van der Waals surface area (Å²) in [4.78, 5) is 25.1. The van der Waals surface area contributed by atoms with Crippen LogP contribution in [0.4, 0.5) is 5.69 Å². The quantitative estimate of drug-likeness (QED) is 0.344. The van der Waals surface area contributed by atoms with E-state index in [1.165, 1.54) is 6.08 Å². The average Bonchev–Trinajstić information content (AvgIpc) is 2.70. The van der Waals surface area contributed by atoms with Gasteiger partial charge in [0.2, 0.25) is 11.3 Å². The topological polar surface area (TPSA) is 59.3 Å². The average molecular weight is 404 g/mol. The van der Waals surface area contributed by atoms with Gasteiger partial charge in [-0.15, -0.1) is 0 Å². The lowest BCUT2D eigenvalue weighted by atomic mass is 10.0. The van der Waals surface area contributed by atoms with Crippen LogP contribution in [0.3, 0.4) is 0 Å². The maximum atomic E-state index is 12.8. The maximum Gasteiger partial charge on any atom is 0.248 e. The second kappa shape index (κ2) is 7.57. The first kappa shape index (κ1) is 19.0. The van der Waals surface area contributed by atoms with Gasteiger partial charge >= 0.3 is 0 Å². The highest BCUT2D eigenvalue weighted by atomic mass is 35.5. The Morgan fingerprint density at radius 1 is 1.03 bits per heavy atom. The molecule has 0 radical (unpaired) electrons. The van der Waals surface area contributed by atoms with Gasteiger partial charge < -0.3 is 9.73 Å². The molecule has 4 aromatic rings. The Labute approximate surface area is 172 Å². The van der Waals surface area contributed by atoms with Gasteiger partial charge in [-0.05, 0) is 60.9 Å². The molecule has 3 aromatic carbocycles. The summed E-state index contributed by atoms with van der Waals surface area (Å²) in [5.74, 6) is -0.306. The summed E-state index contributed by atoms with van der Waals surface area (Å²) < 4.78 is 6.02. The minimum Gasteiger partial charge on any atom is -0.455 e. The van der Waals surface area contributed by atoms with E-state index in [1.54, 1.807) is 36.4 Å². The van der Waals surface area contributed by atoms with Crippen molar-refractivity contribution < 1.29 is 9.21 Å². The van der Waals surface area contributed by atoms with Crippen molar-refractivity contribution in [3.63, 3.8) is 0 Å². The van der Waals surface area contributed by atoms with E-state index in [4.69, 9.17) is 16.0 Å². The lowest BCUT2D eigenvalue weighted by molar-refractivity contribution is -0.111. The van der Waals surface area contributed by atoms with Crippen molar-refractivity contribution in [3.05, 3.63) is 92.6 Å². The van der Waals surface area contributed by atoms with Crippen molar-refractivity contribution in [1.82, 2.24) is 0 Å². The highest BCUT2D eigenvalue weighted by molar-refractivity contribution is 6.32. The second-order valence-electron chi connectivity index (χ2n) is 6.87. The Kier molecular flexibility index (Phi) is 4.95. The van der Waals surface area contributed by atoms with Crippen molar-refractivity contribution >= 4 is 51.2 Å². The number of fused-ring (bicyclic) bond motifs is 2. The molecule has 0 aliphatic heterocycles. The zero-order valence-corrected chi connectivity index (χ0v) is 16.7. The van der Waals surface area contributed by atoms with Crippen molar-refractivity contribution in [2.24, 2.45) is 0 Å². The van der Waals surface area contributed by atoms with Crippen LogP contribution < -0.4 is 10.7 Å². The number of halogens is 1. The highest BCUT2D eigenvalue weighted by Gasteiger charge is 2.11. The van der Waals surface area contributed by atoms with E-state index in [2.05, 4.69) is 5.32 Å². The minimum absolute atomic E-state index is 0.0826. The molecule has 0 unspecified atom stereocenters. The zero-order chi connectivity index (χ0) is 20.5. The number of benzene rings is 3. The molecule has 0 fully saturated rings. The molecule has 1 aromatic heterocycles. The Bertz CT molecular complexity index is 1350. The molecule has 1 N–H and O–H groups in total. The van der Waals surface area contributed by atoms with Crippen LogP contribution in [-0.4, -0.2) is 5.91 Å². The van der Waals surface area contributed by atoms with Crippen molar-refractivity contribution in [3.8, 4) is 0 Å². The van der Waals surface area contributed by atoms with Crippen LogP contribution in [0.5, 0.6) is 0 Å². The van der Waals surface area contributed by atoms with Crippen LogP contribution in [0.25, 0.3) is 28.0 Å². The molecule has 0 bridgehead atoms. The molecule has 0 spiro atoms. The summed E-state index contributed by atoms with van der Waals surface area (Å²) in [6.45, 7) is 3.90. The fourth-order valence-corrected chi connectivity index (χ4v) is 3.39. The molecule has 0 aliphatic carbocycles. The number of carbonyl (C=O) groups excluding carboxylic acids is 1. The number of carbonyl (C=O) groups is 1. The molecule has 1 heterocycles. The van der Waals surface area contributed by atoms with Crippen LogP contribution in [-0.2, 0) is 4.79 Å². The fourth-order valence-electron chi connectivity index (χ4n) is 3.19. The van der Waals surface area contributed by atoms with Gasteiger partial charge in [0.05, 0.1) is 10.8 Å². The second-order valence-corrected chi connectivity index (χ2v) is 7.28. The number of rotatable bonds is 3. The molecule has 1 amide bonds. The molecule has 5 heteroatoms. The normalized spacial score (nSPS) is 11.4. The van der Waals surface area contributed by atoms with E-state index in [0.29, 0.717) is 32.6 Å². The highest BCUT2D eigenvalue weighted by Crippen LogP contribution is 2.25. The van der Waals surface area contributed by atoms with Gasteiger partial charge in [0.25, 0.3) is 0 Å². The van der Waals surface area contributed by atoms with Gasteiger partial charge in [-0.1, -0.05) is 35.9 Å². The fraction of sp³-hybridized carbons (Fsp3) is 0.0833. The van der Waals surface area contributed by atoms with Gasteiger partial charge in [-0.25, -0.2) is 0 Å². The Hall–Kier alpha value is -3.37. The third kappa shape index (κ3) is 3.67. The summed E-state index contributed by atoms with van der Waals surface area (Å²) in [5.41, 5.74) is 4.20. The number of aryl methyl sites for hydroxylation is 2. The SMILES string of the molecule is Cc1ccc2c(=O)c3ccc(NC(=O)/C=C/c4ccccc4Cl)cc3oc2c1C. The van der Waals surface area contributed by atoms with Gasteiger partial charge in [0, 0.05) is 22.9 Å². The van der Waals surface area contributed by atoms with Crippen molar-refractivity contribution in [1.29, 1.82) is 0 Å². The zero-order valence-electron chi connectivity index (χ0n) is 16.0. The molecular formula is C24H18ClNO3. The van der Waals surface area contributed by atoms with E-state index in [9.17, 15) is 9.59 Å². The summed E-state index contributed by atoms with van der Waals surface area (Å²) >= 11 is 6.09. The first-order valence-electron chi connectivity index (χ1n) is 9.14. The standard InChI is InChI=1S/C24H18ClNO3/c1-14-7-10-19-23(28)18-11-9-17(13-21(18)29-24(19)15(14)2)26-22(27)12-8-16-5-3-4-6-20(16)25/h3-13H,1-2H3,(H,26,27)/b12-8+. The number of nitrogens with one attached hydrogen (secondary N) is 1. The summed E-state index contributed by atoms with van der Waals surface area (Å²) in [5, 5.41) is 4.39. The van der Waals surface area contributed by atoms with Crippen molar-refractivity contribution in [2.45, 2.75) is 13.8 Å².